The Morgan fingerprint density at radius 3 is 2.35 bits per heavy atom. The molecule has 0 aromatic heterocycles. The lowest BCUT2D eigenvalue weighted by Crippen LogP contribution is -2.15. The van der Waals surface area contributed by atoms with Gasteiger partial charge in [-0.1, -0.05) is 45.0 Å². The van der Waals surface area contributed by atoms with Gasteiger partial charge in [0.05, 0.1) is 0 Å². The van der Waals surface area contributed by atoms with Crippen molar-refractivity contribution in [3.8, 4) is 5.75 Å². The average molecular weight is 272 g/mol. The maximum absolute atomic E-state index is 13.1. The summed E-state index contributed by atoms with van der Waals surface area (Å²) in [6.07, 6.45) is 1.09. The Bertz CT molecular complexity index is 558. The molecule has 1 nitrogen and oxygen atoms in total. The topological polar surface area (TPSA) is 9.23 Å². The van der Waals surface area contributed by atoms with E-state index in [1.54, 1.807) is 6.07 Å². The van der Waals surface area contributed by atoms with Crippen LogP contribution in [0, 0.1) is 5.82 Å². The van der Waals surface area contributed by atoms with E-state index in [0.717, 1.165) is 17.7 Å². The molecule has 20 heavy (non-hydrogen) atoms. The largest absolute Gasteiger partial charge is 0.489 e. The normalized spacial score (nSPS) is 11.4. The van der Waals surface area contributed by atoms with Gasteiger partial charge < -0.3 is 4.74 Å². The molecule has 0 fully saturated rings. The van der Waals surface area contributed by atoms with Gasteiger partial charge in [0.15, 0.2) is 0 Å². The number of benzene rings is 2. The highest BCUT2D eigenvalue weighted by Crippen LogP contribution is 2.28. The van der Waals surface area contributed by atoms with Gasteiger partial charge in [0.2, 0.25) is 0 Å². The van der Waals surface area contributed by atoms with Crippen LogP contribution in [0.1, 0.15) is 38.3 Å². The zero-order valence-corrected chi connectivity index (χ0v) is 12.3. The molecule has 106 valence electrons. The van der Waals surface area contributed by atoms with Crippen LogP contribution in [0.4, 0.5) is 4.39 Å². The number of hydrogen-bond acceptors (Lipinski definition) is 1. The van der Waals surface area contributed by atoms with Gasteiger partial charge in [-0.2, -0.15) is 0 Å². The molecule has 2 aromatic carbocycles. The van der Waals surface area contributed by atoms with Crippen LogP contribution in [-0.4, -0.2) is 0 Å². The Balaban J connectivity index is 2.01. The van der Waals surface area contributed by atoms with Crippen LogP contribution < -0.4 is 4.74 Å². The summed E-state index contributed by atoms with van der Waals surface area (Å²) in [5, 5.41) is 0. The highest BCUT2D eigenvalue weighted by atomic mass is 19.1. The van der Waals surface area contributed by atoms with Gasteiger partial charge in [-0.15, -0.1) is 0 Å². The van der Waals surface area contributed by atoms with Crippen molar-refractivity contribution in [3.63, 3.8) is 0 Å². The quantitative estimate of drug-likeness (QED) is 0.736. The first-order chi connectivity index (χ1) is 9.51. The van der Waals surface area contributed by atoms with Gasteiger partial charge >= 0.3 is 0 Å². The third-order valence-electron chi connectivity index (χ3n) is 3.81. The predicted octanol–water partition coefficient (Wildman–Crippen LogP) is 5.09. The monoisotopic (exact) mass is 272 g/mol. The SMILES string of the molecule is CCC(C)(C)c1ccc(OCc2cccc(F)c2)cc1. The van der Waals surface area contributed by atoms with Gasteiger partial charge in [-0.05, 0) is 47.2 Å². The fourth-order valence-corrected chi connectivity index (χ4v) is 2.00. The summed E-state index contributed by atoms with van der Waals surface area (Å²) in [4.78, 5) is 0. The van der Waals surface area contributed by atoms with E-state index in [1.807, 2.05) is 18.2 Å². The lowest BCUT2D eigenvalue weighted by atomic mass is 9.82. The molecule has 0 aliphatic heterocycles. The maximum Gasteiger partial charge on any atom is 0.123 e. The van der Waals surface area contributed by atoms with E-state index < -0.39 is 0 Å². The molecule has 0 saturated heterocycles. The standard InChI is InChI=1S/C18H21FO/c1-4-18(2,3)15-8-10-17(11-9-15)20-13-14-6-5-7-16(19)12-14/h5-12H,4,13H2,1-3H3. The summed E-state index contributed by atoms with van der Waals surface area (Å²) >= 11 is 0. The van der Waals surface area contributed by atoms with Crippen molar-refractivity contribution in [3.05, 3.63) is 65.5 Å². The Labute approximate surface area is 120 Å². The van der Waals surface area contributed by atoms with Crippen LogP contribution in [0.5, 0.6) is 5.75 Å². The second-order valence-corrected chi connectivity index (χ2v) is 5.68. The Kier molecular flexibility index (Phi) is 4.43. The smallest absolute Gasteiger partial charge is 0.123 e. The van der Waals surface area contributed by atoms with Crippen LogP contribution >= 0.6 is 0 Å². The fourth-order valence-electron chi connectivity index (χ4n) is 2.00. The number of hydrogen-bond donors (Lipinski definition) is 0. The van der Waals surface area contributed by atoms with E-state index in [2.05, 4.69) is 32.9 Å². The first-order valence-corrected chi connectivity index (χ1v) is 6.99. The van der Waals surface area contributed by atoms with Gasteiger partial charge in [0.25, 0.3) is 0 Å². The molecule has 2 rings (SSSR count). The molecule has 0 radical (unpaired) electrons. The maximum atomic E-state index is 13.1. The summed E-state index contributed by atoms with van der Waals surface area (Å²) in [6, 6.07) is 14.6. The van der Waals surface area contributed by atoms with Gasteiger partial charge in [0, 0.05) is 0 Å². The zero-order valence-electron chi connectivity index (χ0n) is 12.3. The van der Waals surface area contributed by atoms with Gasteiger partial charge in [-0.3, -0.25) is 0 Å². The third kappa shape index (κ3) is 3.60. The predicted molar refractivity (Wildman–Crippen MR) is 80.5 cm³/mol. The highest BCUT2D eigenvalue weighted by Gasteiger charge is 2.17. The molecule has 0 bridgehead atoms. The Morgan fingerprint density at radius 2 is 1.75 bits per heavy atom. The van der Waals surface area contributed by atoms with Crippen molar-refractivity contribution in [1.29, 1.82) is 0 Å². The second kappa shape index (κ2) is 6.08. The van der Waals surface area contributed by atoms with Crippen molar-refractivity contribution in [2.45, 2.75) is 39.2 Å². The summed E-state index contributed by atoms with van der Waals surface area (Å²) in [5.41, 5.74) is 2.32. The minimum Gasteiger partial charge on any atom is -0.489 e. The molecule has 0 spiro atoms. The fraction of sp³-hybridized carbons (Fsp3) is 0.333. The highest BCUT2D eigenvalue weighted by molar-refractivity contribution is 5.31. The van der Waals surface area contributed by atoms with Crippen molar-refractivity contribution in [2.24, 2.45) is 0 Å². The molecule has 0 saturated carbocycles. The summed E-state index contributed by atoms with van der Waals surface area (Å²) in [6.45, 7) is 7.04. The number of halogens is 1. The molecule has 0 amide bonds. The molecule has 0 unspecified atom stereocenters. The van der Waals surface area contributed by atoms with E-state index in [1.165, 1.54) is 17.7 Å². The van der Waals surface area contributed by atoms with E-state index >= 15 is 0 Å². The van der Waals surface area contributed by atoms with Crippen LogP contribution in [0.3, 0.4) is 0 Å². The summed E-state index contributed by atoms with van der Waals surface area (Å²) < 4.78 is 18.7. The van der Waals surface area contributed by atoms with E-state index in [4.69, 9.17) is 4.74 Å². The Hall–Kier alpha value is -1.83. The molecular formula is C18H21FO. The molecule has 0 aliphatic carbocycles. The molecule has 0 heterocycles. The lowest BCUT2D eigenvalue weighted by Gasteiger charge is -2.23. The minimum atomic E-state index is -0.230. The zero-order chi connectivity index (χ0) is 14.6. The third-order valence-corrected chi connectivity index (χ3v) is 3.81. The first-order valence-electron chi connectivity index (χ1n) is 6.99. The van der Waals surface area contributed by atoms with E-state index in [9.17, 15) is 4.39 Å². The lowest BCUT2D eigenvalue weighted by molar-refractivity contribution is 0.305. The molecule has 0 N–H and O–H groups in total. The van der Waals surface area contributed by atoms with Gasteiger partial charge in [0.1, 0.15) is 18.2 Å². The van der Waals surface area contributed by atoms with Crippen molar-refractivity contribution < 1.29 is 9.13 Å². The van der Waals surface area contributed by atoms with E-state index in [0.29, 0.717) is 6.61 Å². The summed E-state index contributed by atoms with van der Waals surface area (Å²) in [7, 11) is 0. The molecule has 0 aliphatic rings. The molecular weight excluding hydrogens is 251 g/mol. The first kappa shape index (κ1) is 14.6. The second-order valence-electron chi connectivity index (χ2n) is 5.68. The minimum absolute atomic E-state index is 0.182. The molecule has 2 heteroatoms. The van der Waals surface area contributed by atoms with Crippen molar-refractivity contribution in [2.75, 3.05) is 0 Å². The summed E-state index contributed by atoms with van der Waals surface area (Å²) in [5.74, 6) is 0.580. The van der Waals surface area contributed by atoms with E-state index in [-0.39, 0.29) is 11.2 Å². The van der Waals surface area contributed by atoms with Crippen molar-refractivity contribution >= 4 is 0 Å². The van der Waals surface area contributed by atoms with Crippen LogP contribution in [0.25, 0.3) is 0 Å². The molecule has 2 aromatic rings. The van der Waals surface area contributed by atoms with Crippen LogP contribution in [-0.2, 0) is 12.0 Å². The number of ether oxygens (including phenoxy) is 1. The Morgan fingerprint density at radius 1 is 1.05 bits per heavy atom. The molecule has 0 atom stereocenters. The van der Waals surface area contributed by atoms with Crippen molar-refractivity contribution in [1.82, 2.24) is 0 Å². The van der Waals surface area contributed by atoms with Crippen LogP contribution in [0.15, 0.2) is 48.5 Å². The average Bonchev–Trinajstić information content (AvgIpc) is 2.46. The van der Waals surface area contributed by atoms with Crippen LogP contribution in [0.2, 0.25) is 0 Å². The van der Waals surface area contributed by atoms with Gasteiger partial charge in [-0.25, -0.2) is 4.39 Å². The number of rotatable bonds is 5.